The molecular weight excluding hydrogens is 126 g/mol. The Bertz CT molecular complexity index is 199. The first-order chi connectivity index (χ1) is 4.86. The molecule has 1 saturated carbocycles. The van der Waals surface area contributed by atoms with E-state index in [4.69, 9.17) is 10.2 Å². The van der Waals surface area contributed by atoms with Crippen LogP contribution in [0.2, 0.25) is 0 Å². The highest BCUT2D eigenvalue weighted by atomic mass is 16.3. The predicted octanol–water partition coefficient (Wildman–Crippen LogP) is 1.48. The highest BCUT2D eigenvalue weighted by molar-refractivity contribution is 5.10. The maximum Gasteiger partial charge on any atom is 0.106 e. The zero-order valence-electron chi connectivity index (χ0n) is 5.79. The van der Waals surface area contributed by atoms with Gasteiger partial charge in [-0.15, -0.1) is 0 Å². The second-order valence-electron chi connectivity index (χ2n) is 2.94. The molecule has 10 heavy (non-hydrogen) atoms. The third-order valence-electron chi connectivity index (χ3n) is 2.12. The van der Waals surface area contributed by atoms with E-state index in [1.165, 1.54) is 0 Å². The van der Waals surface area contributed by atoms with E-state index in [1.807, 2.05) is 12.1 Å². The Kier molecular flexibility index (Phi) is 1.27. The lowest BCUT2D eigenvalue weighted by Gasteiger charge is -2.30. The normalized spacial score (nSPS) is 31.7. The summed E-state index contributed by atoms with van der Waals surface area (Å²) in [6.07, 6.45) is 3.90. The van der Waals surface area contributed by atoms with Crippen LogP contribution in [0.1, 0.15) is 24.5 Å². The van der Waals surface area contributed by atoms with E-state index in [9.17, 15) is 0 Å². The van der Waals surface area contributed by atoms with E-state index in [-0.39, 0.29) is 0 Å². The minimum Gasteiger partial charge on any atom is -0.469 e. The van der Waals surface area contributed by atoms with E-state index in [0.717, 1.165) is 18.6 Å². The Morgan fingerprint density at radius 2 is 2.30 bits per heavy atom. The van der Waals surface area contributed by atoms with Gasteiger partial charge in [0, 0.05) is 12.0 Å². The van der Waals surface area contributed by atoms with Gasteiger partial charge in [-0.05, 0) is 25.0 Å². The van der Waals surface area contributed by atoms with Gasteiger partial charge in [0.15, 0.2) is 0 Å². The van der Waals surface area contributed by atoms with Gasteiger partial charge in [-0.25, -0.2) is 0 Å². The molecule has 0 amide bonds. The van der Waals surface area contributed by atoms with E-state index in [0.29, 0.717) is 12.0 Å². The molecule has 0 spiro atoms. The fraction of sp³-hybridized carbons (Fsp3) is 0.500. The van der Waals surface area contributed by atoms with Crippen LogP contribution in [-0.2, 0) is 0 Å². The zero-order chi connectivity index (χ0) is 6.97. The summed E-state index contributed by atoms with van der Waals surface area (Å²) in [6.45, 7) is 0. The molecule has 1 aliphatic rings. The van der Waals surface area contributed by atoms with Crippen molar-refractivity contribution in [3.8, 4) is 0 Å². The third-order valence-corrected chi connectivity index (χ3v) is 2.12. The van der Waals surface area contributed by atoms with Crippen LogP contribution in [0.25, 0.3) is 0 Å². The zero-order valence-corrected chi connectivity index (χ0v) is 5.79. The molecule has 2 nitrogen and oxygen atoms in total. The molecule has 1 aliphatic carbocycles. The molecule has 0 atom stereocenters. The fourth-order valence-electron chi connectivity index (χ4n) is 1.42. The molecule has 2 rings (SSSR count). The molecule has 0 unspecified atom stereocenters. The molecule has 0 aliphatic heterocycles. The standard InChI is InChI=1S/C8H11NO/c9-7-4-6(5-7)8-2-1-3-10-8/h1-3,6-7H,4-5,9H2. The highest BCUT2D eigenvalue weighted by Crippen LogP contribution is 2.35. The van der Waals surface area contributed by atoms with Gasteiger partial charge in [-0.2, -0.15) is 0 Å². The van der Waals surface area contributed by atoms with Crippen molar-refractivity contribution in [2.24, 2.45) is 5.73 Å². The molecule has 0 aromatic carbocycles. The Balaban J connectivity index is 2.04. The quantitative estimate of drug-likeness (QED) is 0.636. The first-order valence-electron chi connectivity index (χ1n) is 3.65. The monoisotopic (exact) mass is 137 g/mol. The van der Waals surface area contributed by atoms with E-state index in [2.05, 4.69) is 0 Å². The number of rotatable bonds is 1. The Morgan fingerprint density at radius 3 is 2.80 bits per heavy atom. The van der Waals surface area contributed by atoms with Crippen molar-refractivity contribution in [2.45, 2.75) is 24.8 Å². The van der Waals surface area contributed by atoms with Crippen LogP contribution in [0.15, 0.2) is 22.8 Å². The topological polar surface area (TPSA) is 39.2 Å². The van der Waals surface area contributed by atoms with Crippen LogP contribution in [0.4, 0.5) is 0 Å². The number of nitrogens with two attached hydrogens (primary N) is 1. The summed E-state index contributed by atoms with van der Waals surface area (Å²) < 4.78 is 5.23. The smallest absolute Gasteiger partial charge is 0.106 e. The van der Waals surface area contributed by atoms with Crippen LogP contribution in [0.5, 0.6) is 0 Å². The molecule has 1 aromatic heterocycles. The summed E-state index contributed by atoms with van der Waals surface area (Å²) in [5.74, 6) is 1.70. The van der Waals surface area contributed by atoms with Crippen molar-refractivity contribution < 1.29 is 4.42 Å². The molecule has 0 saturated heterocycles. The van der Waals surface area contributed by atoms with E-state index >= 15 is 0 Å². The van der Waals surface area contributed by atoms with Gasteiger partial charge in [-0.1, -0.05) is 0 Å². The average Bonchev–Trinajstić information content (AvgIpc) is 2.31. The molecular formula is C8H11NO. The first kappa shape index (κ1) is 5.98. The lowest BCUT2D eigenvalue weighted by molar-refractivity contribution is 0.302. The maximum absolute atomic E-state index is 5.63. The van der Waals surface area contributed by atoms with Gasteiger partial charge in [-0.3, -0.25) is 0 Å². The maximum atomic E-state index is 5.63. The molecule has 0 radical (unpaired) electrons. The Labute approximate surface area is 60.0 Å². The van der Waals surface area contributed by atoms with Crippen molar-refractivity contribution in [1.82, 2.24) is 0 Å². The fourth-order valence-corrected chi connectivity index (χ4v) is 1.42. The van der Waals surface area contributed by atoms with Gasteiger partial charge >= 0.3 is 0 Å². The Morgan fingerprint density at radius 1 is 1.50 bits per heavy atom. The van der Waals surface area contributed by atoms with Crippen molar-refractivity contribution >= 4 is 0 Å². The molecule has 2 heteroatoms. The van der Waals surface area contributed by atoms with Crippen LogP contribution in [0, 0.1) is 0 Å². The first-order valence-corrected chi connectivity index (χ1v) is 3.65. The largest absolute Gasteiger partial charge is 0.469 e. The average molecular weight is 137 g/mol. The minimum absolute atomic E-state index is 0.412. The van der Waals surface area contributed by atoms with E-state index < -0.39 is 0 Å². The van der Waals surface area contributed by atoms with E-state index in [1.54, 1.807) is 6.26 Å². The molecule has 1 aromatic rings. The van der Waals surface area contributed by atoms with Crippen molar-refractivity contribution in [3.05, 3.63) is 24.2 Å². The summed E-state index contributed by atoms with van der Waals surface area (Å²) in [5.41, 5.74) is 5.63. The van der Waals surface area contributed by atoms with Crippen LogP contribution >= 0.6 is 0 Å². The van der Waals surface area contributed by atoms with Crippen LogP contribution in [-0.4, -0.2) is 6.04 Å². The number of hydrogen-bond donors (Lipinski definition) is 1. The van der Waals surface area contributed by atoms with Gasteiger partial charge in [0.1, 0.15) is 5.76 Å². The second-order valence-corrected chi connectivity index (χ2v) is 2.94. The molecule has 54 valence electrons. The van der Waals surface area contributed by atoms with Gasteiger partial charge in [0.2, 0.25) is 0 Å². The summed E-state index contributed by atoms with van der Waals surface area (Å²) in [4.78, 5) is 0. The molecule has 2 N–H and O–H groups in total. The van der Waals surface area contributed by atoms with Gasteiger partial charge in [0.05, 0.1) is 6.26 Å². The summed E-state index contributed by atoms with van der Waals surface area (Å²) in [6, 6.07) is 4.37. The summed E-state index contributed by atoms with van der Waals surface area (Å²) >= 11 is 0. The minimum atomic E-state index is 0.412. The second kappa shape index (κ2) is 2.13. The van der Waals surface area contributed by atoms with Gasteiger partial charge < -0.3 is 10.2 Å². The lowest BCUT2D eigenvalue weighted by Crippen LogP contribution is -2.34. The van der Waals surface area contributed by atoms with Gasteiger partial charge in [0.25, 0.3) is 0 Å². The number of hydrogen-bond acceptors (Lipinski definition) is 2. The summed E-state index contributed by atoms with van der Waals surface area (Å²) in [7, 11) is 0. The lowest BCUT2D eigenvalue weighted by atomic mass is 9.79. The summed E-state index contributed by atoms with van der Waals surface area (Å²) in [5, 5.41) is 0. The SMILES string of the molecule is NC1CC(c2ccco2)C1. The van der Waals surface area contributed by atoms with Crippen molar-refractivity contribution in [1.29, 1.82) is 0 Å². The molecule has 1 fully saturated rings. The third kappa shape index (κ3) is 0.847. The van der Waals surface area contributed by atoms with Crippen molar-refractivity contribution in [3.63, 3.8) is 0 Å². The predicted molar refractivity (Wildman–Crippen MR) is 38.7 cm³/mol. The molecule has 1 heterocycles. The van der Waals surface area contributed by atoms with Crippen molar-refractivity contribution in [2.75, 3.05) is 0 Å². The van der Waals surface area contributed by atoms with Crippen LogP contribution in [0.3, 0.4) is 0 Å². The van der Waals surface area contributed by atoms with Crippen LogP contribution < -0.4 is 5.73 Å². The highest BCUT2D eigenvalue weighted by Gasteiger charge is 2.28. The number of furan rings is 1. The Hall–Kier alpha value is -0.760. The molecule has 0 bridgehead atoms.